The summed E-state index contributed by atoms with van der Waals surface area (Å²) in [5, 5.41) is 0. The zero-order valence-electron chi connectivity index (χ0n) is 16.1. The molecule has 0 aliphatic heterocycles. The molecule has 0 N–H and O–H groups in total. The molecule has 1 spiro atoms. The SMILES string of the molecule is CC(=O)O[C@@H]1CC[C@]2(C)C(CC[C@@]34C[C@H]5[C@@H](C[C@H]32)[C@]5(C)C4)[C@@]1(C)C=O. The number of esters is 1. The van der Waals surface area contributed by atoms with E-state index in [1.807, 2.05) is 0 Å². The second-order valence-corrected chi connectivity index (χ2v) is 11.0. The molecule has 0 saturated heterocycles. The third-order valence-corrected chi connectivity index (χ3v) is 10.1. The Morgan fingerprint density at radius 2 is 1.80 bits per heavy atom. The summed E-state index contributed by atoms with van der Waals surface area (Å²) >= 11 is 0. The van der Waals surface area contributed by atoms with Crippen molar-refractivity contribution >= 4 is 12.3 Å². The fourth-order valence-electron chi connectivity index (χ4n) is 9.10. The molecule has 0 heterocycles. The van der Waals surface area contributed by atoms with Crippen LogP contribution in [0.4, 0.5) is 0 Å². The first-order valence-corrected chi connectivity index (χ1v) is 10.3. The minimum atomic E-state index is -0.520. The van der Waals surface area contributed by atoms with Crippen molar-refractivity contribution in [1.29, 1.82) is 0 Å². The monoisotopic (exact) mass is 344 g/mol. The molecule has 9 atom stereocenters. The fraction of sp³-hybridized carbons (Fsp3) is 0.909. The number of rotatable bonds is 2. The van der Waals surface area contributed by atoms with Crippen LogP contribution < -0.4 is 0 Å². The lowest BCUT2D eigenvalue weighted by Gasteiger charge is -2.65. The smallest absolute Gasteiger partial charge is 0.302 e. The number of carbonyl (C=O) groups excluding carboxylic acids is 2. The number of fused-ring (bicyclic) bond motifs is 1. The highest BCUT2D eigenvalue weighted by Gasteiger charge is 2.78. The van der Waals surface area contributed by atoms with E-state index in [0.717, 1.165) is 43.3 Å². The molecular formula is C22H32O3. The van der Waals surface area contributed by atoms with Gasteiger partial charge in [-0.1, -0.05) is 13.8 Å². The van der Waals surface area contributed by atoms with Crippen LogP contribution in [0.5, 0.6) is 0 Å². The van der Waals surface area contributed by atoms with Crippen molar-refractivity contribution in [2.24, 2.45) is 45.3 Å². The summed E-state index contributed by atoms with van der Waals surface area (Å²) in [5.74, 6) is 2.83. The molecule has 138 valence electrons. The zero-order valence-corrected chi connectivity index (χ0v) is 16.1. The molecule has 6 rings (SSSR count). The van der Waals surface area contributed by atoms with E-state index in [4.69, 9.17) is 4.74 Å². The van der Waals surface area contributed by atoms with E-state index in [1.165, 1.54) is 32.6 Å². The van der Waals surface area contributed by atoms with Gasteiger partial charge in [0.1, 0.15) is 12.4 Å². The van der Waals surface area contributed by atoms with Crippen molar-refractivity contribution < 1.29 is 14.3 Å². The van der Waals surface area contributed by atoms with Gasteiger partial charge in [-0.2, -0.15) is 0 Å². The first-order chi connectivity index (χ1) is 11.7. The van der Waals surface area contributed by atoms with Crippen LogP contribution in [-0.4, -0.2) is 18.4 Å². The summed E-state index contributed by atoms with van der Waals surface area (Å²) in [6.07, 6.45) is 9.55. The lowest BCUT2D eigenvalue weighted by molar-refractivity contribution is -0.203. The highest BCUT2D eigenvalue weighted by molar-refractivity contribution is 5.68. The summed E-state index contributed by atoms with van der Waals surface area (Å²) in [7, 11) is 0. The minimum Gasteiger partial charge on any atom is -0.462 e. The second-order valence-electron chi connectivity index (χ2n) is 11.0. The number of hydrogen-bond acceptors (Lipinski definition) is 3. The van der Waals surface area contributed by atoms with Crippen LogP contribution in [0.2, 0.25) is 0 Å². The Labute approximate surface area is 151 Å². The lowest BCUT2D eigenvalue weighted by atomic mass is 9.39. The van der Waals surface area contributed by atoms with Gasteiger partial charge in [-0.25, -0.2) is 0 Å². The summed E-state index contributed by atoms with van der Waals surface area (Å²) in [4.78, 5) is 23.8. The van der Waals surface area contributed by atoms with Crippen molar-refractivity contribution in [3.63, 3.8) is 0 Å². The molecule has 6 fully saturated rings. The van der Waals surface area contributed by atoms with Gasteiger partial charge in [0, 0.05) is 6.92 Å². The van der Waals surface area contributed by atoms with E-state index in [0.29, 0.717) is 16.7 Å². The van der Waals surface area contributed by atoms with Crippen LogP contribution >= 0.6 is 0 Å². The zero-order chi connectivity index (χ0) is 17.8. The lowest BCUT2D eigenvalue weighted by Crippen LogP contribution is -2.62. The van der Waals surface area contributed by atoms with Crippen LogP contribution in [0.15, 0.2) is 0 Å². The number of ether oxygens (including phenoxy) is 1. The Morgan fingerprint density at radius 3 is 2.40 bits per heavy atom. The third kappa shape index (κ3) is 1.74. The molecule has 0 aromatic carbocycles. The Bertz CT molecular complexity index is 658. The van der Waals surface area contributed by atoms with Crippen molar-refractivity contribution in [2.45, 2.75) is 78.7 Å². The van der Waals surface area contributed by atoms with Crippen molar-refractivity contribution in [3.8, 4) is 0 Å². The molecule has 0 aromatic rings. The Kier molecular flexibility index (Phi) is 2.95. The fourth-order valence-corrected chi connectivity index (χ4v) is 9.10. The van der Waals surface area contributed by atoms with Gasteiger partial charge in [-0.3, -0.25) is 4.79 Å². The van der Waals surface area contributed by atoms with Gasteiger partial charge in [0.2, 0.25) is 0 Å². The van der Waals surface area contributed by atoms with Gasteiger partial charge in [-0.05, 0) is 91.8 Å². The van der Waals surface area contributed by atoms with Gasteiger partial charge < -0.3 is 9.53 Å². The first-order valence-electron chi connectivity index (χ1n) is 10.3. The van der Waals surface area contributed by atoms with E-state index in [9.17, 15) is 9.59 Å². The normalized spacial score (nSPS) is 61.0. The molecule has 6 saturated carbocycles. The van der Waals surface area contributed by atoms with Crippen molar-refractivity contribution in [3.05, 3.63) is 0 Å². The highest BCUT2D eigenvalue weighted by atomic mass is 16.5. The summed E-state index contributed by atoms with van der Waals surface area (Å²) < 4.78 is 5.64. The largest absolute Gasteiger partial charge is 0.462 e. The Hall–Kier alpha value is -0.860. The van der Waals surface area contributed by atoms with Gasteiger partial charge in [0.15, 0.2) is 0 Å². The van der Waals surface area contributed by atoms with E-state index in [1.54, 1.807) is 0 Å². The molecule has 3 heteroatoms. The summed E-state index contributed by atoms with van der Waals surface area (Å²) in [6.45, 7) is 8.56. The van der Waals surface area contributed by atoms with Crippen molar-refractivity contribution in [1.82, 2.24) is 0 Å². The van der Waals surface area contributed by atoms with E-state index >= 15 is 0 Å². The number of carbonyl (C=O) groups is 2. The molecular weight excluding hydrogens is 312 g/mol. The molecule has 4 bridgehead atoms. The average Bonchev–Trinajstić information content (AvgIpc) is 3.00. The van der Waals surface area contributed by atoms with Crippen LogP contribution in [0.1, 0.15) is 72.6 Å². The quantitative estimate of drug-likeness (QED) is 0.551. The average molecular weight is 344 g/mol. The Morgan fingerprint density at radius 1 is 1.04 bits per heavy atom. The third-order valence-electron chi connectivity index (χ3n) is 10.1. The van der Waals surface area contributed by atoms with Gasteiger partial charge >= 0.3 is 5.97 Å². The van der Waals surface area contributed by atoms with E-state index in [-0.39, 0.29) is 17.5 Å². The minimum absolute atomic E-state index is 0.236. The first kappa shape index (κ1) is 16.3. The molecule has 6 aliphatic rings. The number of hydrogen-bond donors (Lipinski definition) is 0. The summed E-state index contributed by atoms with van der Waals surface area (Å²) in [5.41, 5.74) is 0.924. The standard InChI is InChI=1S/C22H32O3/c1-13(24)25-18-6-7-19(2)16(21(18,4)12-23)5-8-22-10-15-14(9-17(19)22)20(15,3)11-22/h12,14-18H,5-11H2,1-4H3/t14-,15+,16?,17+,18-,19-,20+,21-,22+/m1/s1. The molecule has 25 heavy (non-hydrogen) atoms. The highest BCUT2D eigenvalue weighted by Crippen LogP contribution is 2.85. The maximum atomic E-state index is 12.3. The molecule has 0 radical (unpaired) electrons. The second kappa shape index (κ2) is 4.51. The molecule has 0 aromatic heterocycles. The molecule has 0 amide bonds. The van der Waals surface area contributed by atoms with Crippen LogP contribution in [0.3, 0.4) is 0 Å². The summed E-state index contributed by atoms with van der Waals surface area (Å²) in [6, 6.07) is 0. The van der Waals surface area contributed by atoms with Gasteiger partial charge in [0.25, 0.3) is 0 Å². The molecule has 3 nitrogen and oxygen atoms in total. The van der Waals surface area contributed by atoms with Crippen molar-refractivity contribution in [2.75, 3.05) is 0 Å². The van der Waals surface area contributed by atoms with Gasteiger partial charge in [0.05, 0.1) is 5.41 Å². The maximum Gasteiger partial charge on any atom is 0.302 e. The van der Waals surface area contributed by atoms with Crippen LogP contribution in [-0.2, 0) is 14.3 Å². The topological polar surface area (TPSA) is 43.4 Å². The molecule has 6 aliphatic carbocycles. The van der Waals surface area contributed by atoms with Gasteiger partial charge in [-0.15, -0.1) is 0 Å². The van der Waals surface area contributed by atoms with E-state index in [2.05, 4.69) is 20.8 Å². The predicted molar refractivity (Wildman–Crippen MR) is 94.7 cm³/mol. The van der Waals surface area contributed by atoms with Crippen LogP contribution in [0, 0.1) is 45.3 Å². The maximum absolute atomic E-state index is 12.3. The van der Waals surface area contributed by atoms with Crippen LogP contribution in [0.25, 0.3) is 0 Å². The predicted octanol–water partition coefficient (Wildman–Crippen LogP) is 4.39. The number of aldehydes is 1. The van der Waals surface area contributed by atoms with E-state index < -0.39 is 5.41 Å². The Balaban J connectivity index is 1.51. The molecule has 1 unspecified atom stereocenters.